The number of halogens is 1. The Hall–Kier alpha value is -1.11. The number of amides is 1. The van der Waals surface area contributed by atoms with Crippen LogP contribution in [0.2, 0.25) is 5.02 Å². The molecule has 1 aromatic rings. The highest BCUT2D eigenvalue weighted by Gasteiger charge is 2.32. The average molecular weight is 357 g/mol. The van der Waals surface area contributed by atoms with Gasteiger partial charge < -0.3 is 4.90 Å². The molecule has 3 rings (SSSR count). The van der Waals surface area contributed by atoms with Gasteiger partial charge in [0.2, 0.25) is 15.9 Å². The van der Waals surface area contributed by atoms with E-state index in [1.54, 1.807) is 18.2 Å². The van der Waals surface area contributed by atoms with Gasteiger partial charge in [-0.25, -0.2) is 8.42 Å². The fourth-order valence-corrected chi connectivity index (χ4v) is 4.82. The van der Waals surface area contributed by atoms with Crippen LogP contribution in [0.4, 0.5) is 0 Å². The van der Waals surface area contributed by atoms with Crippen molar-refractivity contribution in [3.05, 3.63) is 29.3 Å². The minimum atomic E-state index is -3.56. The van der Waals surface area contributed by atoms with E-state index < -0.39 is 10.0 Å². The molecule has 0 radical (unpaired) electrons. The van der Waals surface area contributed by atoms with E-state index in [1.165, 1.54) is 10.4 Å². The molecule has 5 nitrogen and oxygen atoms in total. The molecule has 1 amide bonds. The summed E-state index contributed by atoms with van der Waals surface area (Å²) in [5.74, 6) is 0.351. The van der Waals surface area contributed by atoms with Crippen molar-refractivity contribution in [3.8, 4) is 0 Å². The number of benzene rings is 1. The third-order valence-corrected chi connectivity index (χ3v) is 6.78. The van der Waals surface area contributed by atoms with E-state index in [9.17, 15) is 13.2 Å². The lowest BCUT2D eigenvalue weighted by atomic mass is 9.84. The molecular formula is C16H21ClN2O3S. The molecule has 1 saturated carbocycles. The van der Waals surface area contributed by atoms with Gasteiger partial charge in [-0.15, -0.1) is 0 Å². The van der Waals surface area contributed by atoms with E-state index in [0.717, 1.165) is 19.3 Å². The first-order valence-electron chi connectivity index (χ1n) is 8.03. The summed E-state index contributed by atoms with van der Waals surface area (Å²) in [6, 6.07) is 6.32. The van der Waals surface area contributed by atoms with Crippen LogP contribution < -0.4 is 0 Å². The second kappa shape index (κ2) is 6.79. The molecule has 126 valence electrons. The highest BCUT2D eigenvalue weighted by molar-refractivity contribution is 7.89. The zero-order valence-electron chi connectivity index (χ0n) is 12.9. The standard InChI is InChI=1S/C16H21ClN2O3S/c17-14-6-2-7-15(12-14)23(21,22)19-9-3-8-18(10-11-19)16(20)13-4-1-5-13/h2,6-7,12-13H,1,3-5,8-11H2. The van der Waals surface area contributed by atoms with Crippen molar-refractivity contribution in [1.29, 1.82) is 0 Å². The van der Waals surface area contributed by atoms with Gasteiger partial charge in [-0.3, -0.25) is 4.79 Å². The van der Waals surface area contributed by atoms with Crippen molar-refractivity contribution in [1.82, 2.24) is 9.21 Å². The molecule has 1 aliphatic carbocycles. The van der Waals surface area contributed by atoms with E-state index in [1.807, 2.05) is 4.90 Å². The molecule has 1 aliphatic heterocycles. The lowest BCUT2D eigenvalue weighted by Crippen LogP contribution is -2.41. The number of sulfonamides is 1. The van der Waals surface area contributed by atoms with Crippen LogP contribution in [0.3, 0.4) is 0 Å². The molecule has 7 heteroatoms. The van der Waals surface area contributed by atoms with Crippen molar-refractivity contribution in [2.45, 2.75) is 30.6 Å². The molecule has 0 atom stereocenters. The number of hydrogen-bond donors (Lipinski definition) is 0. The predicted molar refractivity (Wildman–Crippen MR) is 88.7 cm³/mol. The molecule has 1 aromatic carbocycles. The second-order valence-electron chi connectivity index (χ2n) is 6.17. The van der Waals surface area contributed by atoms with Gasteiger partial charge in [-0.2, -0.15) is 4.31 Å². The van der Waals surface area contributed by atoms with Crippen LogP contribution in [0, 0.1) is 5.92 Å². The zero-order chi connectivity index (χ0) is 16.4. The van der Waals surface area contributed by atoms with Crippen molar-refractivity contribution in [2.75, 3.05) is 26.2 Å². The first kappa shape index (κ1) is 16.7. The Bertz CT molecular complexity index is 688. The van der Waals surface area contributed by atoms with Crippen molar-refractivity contribution in [3.63, 3.8) is 0 Å². The minimum Gasteiger partial charge on any atom is -0.341 e. The van der Waals surface area contributed by atoms with Crippen LogP contribution in [0.1, 0.15) is 25.7 Å². The van der Waals surface area contributed by atoms with Crippen LogP contribution in [0.5, 0.6) is 0 Å². The third-order valence-electron chi connectivity index (χ3n) is 4.65. The molecule has 2 fully saturated rings. The molecule has 0 spiro atoms. The molecule has 2 aliphatic rings. The van der Waals surface area contributed by atoms with Gasteiger partial charge in [0, 0.05) is 37.1 Å². The highest BCUT2D eigenvalue weighted by atomic mass is 35.5. The normalized spacial score (nSPS) is 20.8. The van der Waals surface area contributed by atoms with Gasteiger partial charge in [0.05, 0.1) is 4.90 Å². The van der Waals surface area contributed by atoms with Gasteiger partial charge in [-0.05, 0) is 37.5 Å². The van der Waals surface area contributed by atoms with Gasteiger partial charge in [-0.1, -0.05) is 24.1 Å². The summed E-state index contributed by atoms with van der Waals surface area (Å²) in [5.41, 5.74) is 0. The molecule has 0 unspecified atom stereocenters. The van der Waals surface area contributed by atoms with E-state index in [0.29, 0.717) is 37.6 Å². The summed E-state index contributed by atoms with van der Waals surface area (Å²) >= 11 is 5.91. The quantitative estimate of drug-likeness (QED) is 0.835. The molecule has 0 N–H and O–H groups in total. The van der Waals surface area contributed by atoms with Crippen LogP contribution in [-0.4, -0.2) is 49.7 Å². The maximum Gasteiger partial charge on any atom is 0.243 e. The lowest BCUT2D eigenvalue weighted by molar-refractivity contribution is -0.138. The SMILES string of the molecule is O=C(C1CCC1)N1CCCN(S(=O)(=O)c2cccc(Cl)c2)CC1. The molecule has 23 heavy (non-hydrogen) atoms. The van der Waals surface area contributed by atoms with Gasteiger partial charge in [0.15, 0.2) is 0 Å². The third kappa shape index (κ3) is 3.54. The van der Waals surface area contributed by atoms with Gasteiger partial charge >= 0.3 is 0 Å². The Morgan fingerprint density at radius 2 is 1.87 bits per heavy atom. The first-order chi connectivity index (χ1) is 11.0. The average Bonchev–Trinajstić information content (AvgIpc) is 2.71. The summed E-state index contributed by atoms with van der Waals surface area (Å²) in [4.78, 5) is 14.4. The minimum absolute atomic E-state index is 0.158. The fourth-order valence-electron chi connectivity index (χ4n) is 3.04. The van der Waals surface area contributed by atoms with E-state index in [-0.39, 0.29) is 16.7 Å². The van der Waals surface area contributed by atoms with Crippen LogP contribution in [0.15, 0.2) is 29.2 Å². The summed E-state index contributed by atoms with van der Waals surface area (Å²) in [6.07, 6.45) is 3.73. The number of rotatable bonds is 3. The summed E-state index contributed by atoms with van der Waals surface area (Å²) in [6.45, 7) is 1.88. The smallest absolute Gasteiger partial charge is 0.243 e. The fraction of sp³-hybridized carbons (Fsp3) is 0.562. The predicted octanol–water partition coefficient (Wildman–Crippen LogP) is 2.36. The lowest BCUT2D eigenvalue weighted by Gasteiger charge is -2.31. The Kier molecular flexibility index (Phi) is 4.94. The molecule has 0 aromatic heterocycles. The largest absolute Gasteiger partial charge is 0.341 e. The molecular weight excluding hydrogens is 336 g/mol. The van der Waals surface area contributed by atoms with Crippen molar-refractivity contribution >= 4 is 27.5 Å². The summed E-state index contributed by atoms with van der Waals surface area (Å²) in [7, 11) is -3.56. The van der Waals surface area contributed by atoms with E-state index in [4.69, 9.17) is 11.6 Å². The first-order valence-corrected chi connectivity index (χ1v) is 9.85. The van der Waals surface area contributed by atoms with Crippen molar-refractivity contribution in [2.24, 2.45) is 5.92 Å². The highest BCUT2D eigenvalue weighted by Crippen LogP contribution is 2.29. The van der Waals surface area contributed by atoms with Crippen LogP contribution in [0.25, 0.3) is 0 Å². The number of carbonyl (C=O) groups excluding carboxylic acids is 1. The summed E-state index contributed by atoms with van der Waals surface area (Å²) in [5, 5.41) is 0.405. The molecule has 1 heterocycles. The molecule has 0 bridgehead atoms. The topological polar surface area (TPSA) is 57.7 Å². The number of nitrogens with zero attached hydrogens (tertiary/aromatic N) is 2. The molecule has 1 saturated heterocycles. The van der Waals surface area contributed by atoms with Crippen LogP contribution in [-0.2, 0) is 14.8 Å². The van der Waals surface area contributed by atoms with Crippen molar-refractivity contribution < 1.29 is 13.2 Å². The Labute approximate surface area is 142 Å². The Morgan fingerprint density at radius 3 is 2.52 bits per heavy atom. The second-order valence-corrected chi connectivity index (χ2v) is 8.54. The van der Waals surface area contributed by atoms with Crippen LogP contribution >= 0.6 is 11.6 Å². The van der Waals surface area contributed by atoms with E-state index in [2.05, 4.69) is 0 Å². The Morgan fingerprint density at radius 1 is 1.09 bits per heavy atom. The van der Waals surface area contributed by atoms with Gasteiger partial charge in [0.25, 0.3) is 0 Å². The summed E-state index contributed by atoms with van der Waals surface area (Å²) < 4.78 is 26.9. The number of carbonyl (C=O) groups is 1. The Balaban J connectivity index is 1.70. The maximum atomic E-state index is 12.7. The monoisotopic (exact) mass is 356 g/mol. The zero-order valence-corrected chi connectivity index (χ0v) is 14.5. The number of hydrogen-bond acceptors (Lipinski definition) is 3. The van der Waals surface area contributed by atoms with Gasteiger partial charge in [0.1, 0.15) is 0 Å². The van der Waals surface area contributed by atoms with E-state index >= 15 is 0 Å². The maximum absolute atomic E-state index is 12.7.